The van der Waals surface area contributed by atoms with Gasteiger partial charge in [0, 0.05) is 25.7 Å². The van der Waals surface area contributed by atoms with Crippen molar-refractivity contribution in [3.8, 4) is 0 Å². The maximum absolute atomic E-state index is 13.1. The molecule has 0 aliphatic heterocycles. The smallest absolute Gasteiger partial charge is 0.336 e. The van der Waals surface area contributed by atoms with E-state index in [1.54, 1.807) is 30.3 Å². The van der Waals surface area contributed by atoms with Gasteiger partial charge in [-0.25, -0.2) is 19.2 Å². The molecule has 22 nitrogen and oxygen atoms in total. The average Bonchev–Trinajstić information content (AvgIpc) is 3.09. The molecular formula is C31H42N6O16S. The molecule has 0 unspecified atom stereocenters. The molecule has 0 fully saturated rings. The molecule has 0 aliphatic rings. The molecule has 54 heavy (non-hydrogen) atoms. The number of hydrogen-bond donors (Lipinski definition) is 13. The van der Waals surface area contributed by atoms with Crippen molar-refractivity contribution in [1.29, 1.82) is 0 Å². The maximum Gasteiger partial charge on any atom is 0.336 e. The first-order valence-corrected chi connectivity index (χ1v) is 16.6. The van der Waals surface area contributed by atoms with Crippen LogP contribution >= 0.6 is 12.6 Å². The highest BCUT2D eigenvalue weighted by atomic mass is 32.1. The van der Waals surface area contributed by atoms with Crippen LogP contribution in [0.3, 0.4) is 0 Å². The van der Waals surface area contributed by atoms with Gasteiger partial charge in [0.15, 0.2) is 5.37 Å². The average molecular weight is 787 g/mol. The van der Waals surface area contributed by atoms with Crippen LogP contribution < -0.4 is 31.9 Å². The Morgan fingerprint density at radius 2 is 1.07 bits per heavy atom. The Bertz CT molecular complexity index is 1530. The number of carbonyl (C=O) groups is 10. The molecule has 0 saturated carbocycles. The van der Waals surface area contributed by atoms with Gasteiger partial charge in [-0.15, -0.1) is 12.6 Å². The van der Waals surface area contributed by atoms with Gasteiger partial charge in [0.1, 0.15) is 24.2 Å². The first-order valence-electron chi connectivity index (χ1n) is 16.0. The molecule has 1 aromatic rings. The minimum absolute atomic E-state index is 0.152. The van der Waals surface area contributed by atoms with Crippen LogP contribution in [0.1, 0.15) is 50.5 Å². The Hall–Kier alpha value is -5.97. The summed E-state index contributed by atoms with van der Waals surface area (Å²) < 4.78 is 0. The van der Waals surface area contributed by atoms with Crippen molar-refractivity contribution >= 4 is 72.1 Å². The Balaban J connectivity index is 2.83. The number of carbonyl (C=O) groups excluding carboxylic acids is 5. The lowest BCUT2D eigenvalue weighted by Gasteiger charge is -2.23. The summed E-state index contributed by atoms with van der Waals surface area (Å²) >= 11 is 3.75. The van der Waals surface area contributed by atoms with Gasteiger partial charge < -0.3 is 62.5 Å². The molecule has 0 heterocycles. The summed E-state index contributed by atoms with van der Waals surface area (Å²) in [5.41, 5.74) is 0.541. The molecule has 12 N–H and O–H groups in total. The lowest BCUT2D eigenvalue weighted by Crippen LogP contribution is -2.56. The number of nitrogens with one attached hydrogen (secondary N) is 6. The Morgan fingerprint density at radius 1 is 0.556 bits per heavy atom. The molecule has 6 amide bonds. The third-order valence-corrected chi connectivity index (χ3v) is 7.63. The standard InChI is InChI=1S/C31H42N6O16S/c38-14-16(32-21(39)10-7-17(28(47)48)35-31(53)36-18(29(49)50)8-11-23(41)42)6-9-22(40)33-20(13-24(43)44)25(45)34-19(12-15-4-2-1-3-5-15)26(46)37-27(54)30(51)52/h1-5,16-20,27,38,54H,6-14H2,(H,32,39)(H,33,40)(H,34,45)(H,37,46)(H,41,42)(H,43,44)(H,47,48)(H,49,50)(H,51,52)(H2,35,36,53)/t16-,17-,18-,19-,20-,27-/m0/s1. The van der Waals surface area contributed by atoms with Crippen molar-refractivity contribution in [2.45, 2.75) is 86.9 Å². The fourth-order valence-corrected chi connectivity index (χ4v) is 4.64. The predicted molar refractivity (Wildman–Crippen MR) is 184 cm³/mol. The van der Waals surface area contributed by atoms with Crippen molar-refractivity contribution in [3.63, 3.8) is 0 Å². The van der Waals surface area contributed by atoms with E-state index in [0.29, 0.717) is 5.56 Å². The van der Waals surface area contributed by atoms with Crippen LogP contribution in [0.25, 0.3) is 0 Å². The van der Waals surface area contributed by atoms with Gasteiger partial charge in [-0.2, -0.15) is 0 Å². The molecule has 23 heteroatoms. The van der Waals surface area contributed by atoms with Crippen molar-refractivity contribution in [1.82, 2.24) is 31.9 Å². The van der Waals surface area contributed by atoms with Crippen molar-refractivity contribution in [2.75, 3.05) is 6.61 Å². The second kappa shape index (κ2) is 23.6. The van der Waals surface area contributed by atoms with E-state index < -0.39 is 140 Å². The number of carboxylic acid groups (broad SMARTS) is 5. The number of benzene rings is 1. The van der Waals surface area contributed by atoms with Crippen LogP contribution in [-0.4, -0.2) is 132 Å². The van der Waals surface area contributed by atoms with Crippen molar-refractivity contribution in [2.24, 2.45) is 0 Å². The third-order valence-electron chi connectivity index (χ3n) is 7.28. The van der Waals surface area contributed by atoms with Crippen molar-refractivity contribution in [3.05, 3.63) is 35.9 Å². The number of amides is 6. The van der Waals surface area contributed by atoms with Crippen LogP contribution in [0.15, 0.2) is 30.3 Å². The number of urea groups is 1. The molecule has 0 bridgehead atoms. The molecule has 0 spiro atoms. The lowest BCUT2D eigenvalue weighted by molar-refractivity contribution is -0.142. The summed E-state index contributed by atoms with van der Waals surface area (Å²) in [5, 5.41) is 66.7. The van der Waals surface area contributed by atoms with Crippen LogP contribution in [0.5, 0.6) is 0 Å². The summed E-state index contributed by atoms with van der Waals surface area (Å²) in [6.07, 6.45) is -3.97. The summed E-state index contributed by atoms with van der Waals surface area (Å²) in [6.45, 7) is -0.716. The number of aliphatic hydroxyl groups excluding tert-OH is 1. The van der Waals surface area contributed by atoms with Crippen LogP contribution in [0.4, 0.5) is 4.79 Å². The van der Waals surface area contributed by atoms with E-state index in [1.165, 1.54) is 0 Å². The highest BCUT2D eigenvalue weighted by molar-refractivity contribution is 7.81. The van der Waals surface area contributed by atoms with Gasteiger partial charge in [0.2, 0.25) is 23.6 Å². The number of rotatable bonds is 25. The topological polar surface area (TPSA) is 364 Å². The number of hydrogen-bond acceptors (Lipinski definition) is 12. The molecule has 0 aliphatic carbocycles. The van der Waals surface area contributed by atoms with E-state index in [-0.39, 0.29) is 12.8 Å². The number of aliphatic hydroxyl groups is 1. The van der Waals surface area contributed by atoms with Gasteiger partial charge in [-0.1, -0.05) is 30.3 Å². The molecule has 6 atom stereocenters. The highest BCUT2D eigenvalue weighted by Gasteiger charge is 2.31. The summed E-state index contributed by atoms with van der Waals surface area (Å²) in [7, 11) is 0. The van der Waals surface area contributed by atoms with Crippen LogP contribution in [-0.2, 0) is 49.6 Å². The van der Waals surface area contributed by atoms with Gasteiger partial charge in [0.05, 0.1) is 19.1 Å². The minimum atomic E-state index is -1.73. The maximum atomic E-state index is 13.1. The van der Waals surface area contributed by atoms with Crippen LogP contribution in [0, 0.1) is 0 Å². The predicted octanol–water partition coefficient (Wildman–Crippen LogP) is -2.76. The van der Waals surface area contributed by atoms with Crippen LogP contribution in [0.2, 0.25) is 0 Å². The molecule has 1 rings (SSSR count). The summed E-state index contributed by atoms with van der Waals surface area (Å²) in [6, 6.07) is -0.658. The molecule has 298 valence electrons. The van der Waals surface area contributed by atoms with E-state index in [4.69, 9.17) is 15.3 Å². The monoisotopic (exact) mass is 786 g/mol. The normalized spacial score (nSPS) is 14.0. The number of thiol groups is 1. The summed E-state index contributed by atoms with van der Waals surface area (Å²) in [5.74, 6) is -11.3. The molecule has 0 aromatic heterocycles. The Labute approximate surface area is 311 Å². The van der Waals surface area contributed by atoms with Gasteiger partial charge >= 0.3 is 35.9 Å². The van der Waals surface area contributed by atoms with Crippen molar-refractivity contribution < 1.29 is 78.6 Å². The fraction of sp³-hybridized carbons (Fsp3) is 0.484. The molecular weight excluding hydrogens is 744 g/mol. The zero-order chi connectivity index (χ0) is 41.0. The largest absolute Gasteiger partial charge is 0.481 e. The van der Waals surface area contributed by atoms with E-state index in [1.807, 2.05) is 10.6 Å². The van der Waals surface area contributed by atoms with E-state index in [0.717, 1.165) is 0 Å². The Kier molecular flexibility index (Phi) is 20.1. The van der Waals surface area contributed by atoms with E-state index >= 15 is 0 Å². The molecule has 1 aromatic carbocycles. The molecule has 0 saturated heterocycles. The Morgan fingerprint density at radius 3 is 1.57 bits per heavy atom. The summed E-state index contributed by atoms with van der Waals surface area (Å²) in [4.78, 5) is 120. The first-order chi connectivity index (χ1) is 25.3. The third kappa shape index (κ3) is 18.5. The second-order valence-electron chi connectivity index (χ2n) is 11.6. The number of aliphatic carboxylic acids is 5. The SMILES string of the molecule is O=C(O)CC[C@H](NC(=O)N[C@@H](CCC(=O)N[C@H](CO)CCC(=O)N[C@@H](CC(=O)O)C(=O)N[C@@H](Cc1ccccc1)C(=O)N[C@@H](S)C(=O)O)C(=O)O)C(=O)O. The fourth-order valence-electron chi connectivity index (χ4n) is 4.51. The zero-order valence-electron chi connectivity index (χ0n) is 28.4. The zero-order valence-corrected chi connectivity index (χ0v) is 29.3. The first kappa shape index (κ1) is 46.1. The highest BCUT2D eigenvalue weighted by Crippen LogP contribution is 2.08. The molecule has 0 radical (unpaired) electrons. The van der Waals surface area contributed by atoms with E-state index in [2.05, 4.69) is 33.9 Å². The lowest BCUT2D eigenvalue weighted by atomic mass is 10.0. The second-order valence-corrected chi connectivity index (χ2v) is 12.1. The van der Waals surface area contributed by atoms with Gasteiger partial charge in [0.25, 0.3) is 0 Å². The van der Waals surface area contributed by atoms with Gasteiger partial charge in [-0.3, -0.25) is 28.8 Å². The quantitative estimate of drug-likeness (QED) is 0.0353. The van der Waals surface area contributed by atoms with E-state index in [9.17, 15) is 63.3 Å². The van der Waals surface area contributed by atoms with Gasteiger partial charge in [-0.05, 0) is 24.8 Å². The number of carboxylic acids is 5. The minimum Gasteiger partial charge on any atom is -0.481 e.